The number of halogens is 3. The van der Waals surface area contributed by atoms with Gasteiger partial charge in [0.05, 0.1) is 10.8 Å². The minimum absolute atomic E-state index is 0.234. The summed E-state index contributed by atoms with van der Waals surface area (Å²) in [6.45, 7) is 0. The molecular formula is C5H2F3N2O2S-. The third kappa shape index (κ3) is 1.89. The van der Waals surface area contributed by atoms with Crippen LogP contribution in [0.3, 0.4) is 0 Å². The maximum Gasteiger partial charge on any atom is 0.434 e. The molecule has 1 heterocycles. The van der Waals surface area contributed by atoms with E-state index in [0.29, 0.717) is 0 Å². The molecule has 0 fully saturated rings. The standard InChI is InChI=1S/C5H3F3N2O2S/c6-5(7,8)2-1(3(11)12)13-4(9)10-2/h(H2,9,10)(H,11,12)/p-1. The summed E-state index contributed by atoms with van der Waals surface area (Å²) in [4.78, 5) is 12.0. The highest BCUT2D eigenvalue weighted by Gasteiger charge is 2.37. The topological polar surface area (TPSA) is 79.0 Å². The van der Waals surface area contributed by atoms with Gasteiger partial charge in [0.25, 0.3) is 0 Å². The first-order valence-electron chi connectivity index (χ1n) is 2.87. The lowest BCUT2D eigenvalue weighted by molar-refractivity contribution is -0.255. The number of nitrogens with zero attached hydrogens (tertiary/aromatic N) is 1. The smallest absolute Gasteiger partial charge is 0.434 e. The number of hydrogen-bond donors (Lipinski definition) is 1. The van der Waals surface area contributed by atoms with E-state index in [1.807, 2.05) is 0 Å². The molecule has 4 nitrogen and oxygen atoms in total. The Morgan fingerprint density at radius 2 is 2.08 bits per heavy atom. The van der Waals surface area contributed by atoms with Gasteiger partial charge in [0.15, 0.2) is 10.8 Å². The van der Waals surface area contributed by atoms with Crippen LogP contribution in [-0.4, -0.2) is 11.0 Å². The number of nitrogen functional groups attached to an aromatic ring is 1. The van der Waals surface area contributed by atoms with Crippen molar-refractivity contribution in [2.24, 2.45) is 0 Å². The zero-order valence-electron chi connectivity index (χ0n) is 5.88. The van der Waals surface area contributed by atoms with E-state index < -0.39 is 27.8 Å². The summed E-state index contributed by atoms with van der Waals surface area (Å²) in [5.74, 6) is -1.93. The van der Waals surface area contributed by atoms with Crippen molar-refractivity contribution in [3.8, 4) is 0 Å². The highest BCUT2D eigenvalue weighted by atomic mass is 32.1. The molecule has 0 saturated heterocycles. The number of hydrogen-bond acceptors (Lipinski definition) is 5. The van der Waals surface area contributed by atoms with E-state index in [-0.39, 0.29) is 11.3 Å². The molecule has 0 bridgehead atoms. The lowest BCUT2D eigenvalue weighted by atomic mass is 10.3. The van der Waals surface area contributed by atoms with Crippen molar-refractivity contribution in [2.75, 3.05) is 5.73 Å². The quantitative estimate of drug-likeness (QED) is 0.714. The Kier molecular flexibility index (Phi) is 2.16. The Labute approximate surface area is 73.8 Å². The van der Waals surface area contributed by atoms with E-state index in [0.717, 1.165) is 0 Å². The zero-order valence-corrected chi connectivity index (χ0v) is 6.70. The van der Waals surface area contributed by atoms with E-state index >= 15 is 0 Å². The van der Waals surface area contributed by atoms with Crippen LogP contribution in [0.15, 0.2) is 0 Å². The molecule has 0 spiro atoms. The average Bonchev–Trinajstić information content (AvgIpc) is 2.29. The van der Waals surface area contributed by atoms with Gasteiger partial charge in [0.1, 0.15) is 0 Å². The third-order valence-electron chi connectivity index (χ3n) is 1.10. The maximum atomic E-state index is 12.0. The molecule has 1 aromatic rings. The predicted octanol–water partition coefficient (Wildman–Crippen LogP) is 0.108. The van der Waals surface area contributed by atoms with Crippen LogP contribution >= 0.6 is 11.3 Å². The molecule has 0 saturated carbocycles. The van der Waals surface area contributed by atoms with Crippen molar-refractivity contribution < 1.29 is 23.1 Å². The lowest BCUT2D eigenvalue weighted by Gasteiger charge is -2.05. The normalized spacial score (nSPS) is 11.6. The number of carbonyl (C=O) groups excluding carboxylic acids is 1. The van der Waals surface area contributed by atoms with Gasteiger partial charge in [0, 0.05) is 0 Å². The first-order chi connectivity index (χ1) is 5.82. The fourth-order valence-corrected chi connectivity index (χ4v) is 1.35. The number of thiazole rings is 1. The Hall–Kier alpha value is -1.31. The van der Waals surface area contributed by atoms with Gasteiger partial charge in [-0.05, 0) is 0 Å². The minimum Gasteiger partial charge on any atom is -0.544 e. The molecule has 1 rings (SSSR count). The minimum atomic E-state index is -4.82. The molecule has 0 aliphatic carbocycles. The van der Waals surface area contributed by atoms with Gasteiger partial charge in [0.2, 0.25) is 0 Å². The summed E-state index contributed by atoms with van der Waals surface area (Å²) >= 11 is 0.234. The molecular weight excluding hydrogens is 209 g/mol. The van der Waals surface area contributed by atoms with Gasteiger partial charge >= 0.3 is 6.18 Å². The Balaban J connectivity index is 3.28. The predicted molar refractivity (Wildman–Crippen MR) is 35.9 cm³/mol. The second-order valence-electron chi connectivity index (χ2n) is 2.02. The summed E-state index contributed by atoms with van der Waals surface area (Å²) in [5.41, 5.74) is 3.43. The van der Waals surface area contributed by atoms with Crippen molar-refractivity contribution in [3.05, 3.63) is 10.6 Å². The summed E-state index contributed by atoms with van der Waals surface area (Å²) < 4.78 is 36.1. The highest BCUT2D eigenvalue weighted by Crippen LogP contribution is 2.34. The van der Waals surface area contributed by atoms with Crippen LogP contribution in [0.25, 0.3) is 0 Å². The van der Waals surface area contributed by atoms with Gasteiger partial charge in [-0.25, -0.2) is 4.98 Å². The number of carboxylic acid groups (broad SMARTS) is 1. The van der Waals surface area contributed by atoms with E-state index in [1.54, 1.807) is 0 Å². The molecule has 0 aliphatic heterocycles. The highest BCUT2D eigenvalue weighted by molar-refractivity contribution is 7.17. The second-order valence-corrected chi connectivity index (χ2v) is 3.05. The molecule has 0 atom stereocenters. The van der Waals surface area contributed by atoms with Crippen LogP contribution in [0.5, 0.6) is 0 Å². The van der Waals surface area contributed by atoms with Crippen LogP contribution in [0, 0.1) is 0 Å². The molecule has 0 unspecified atom stereocenters. The first-order valence-corrected chi connectivity index (χ1v) is 3.69. The number of alkyl halides is 3. The van der Waals surface area contributed by atoms with Crippen LogP contribution in [0.2, 0.25) is 0 Å². The summed E-state index contributed by atoms with van der Waals surface area (Å²) in [7, 11) is 0. The van der Waals surface area contributed by atoms with Crippen LogP contribution in [-0.2, 0) is 6.18 Å². The van der Waals surface area contributed by atoms with Crippen molar-refractivity contribution in [3.63, 3.8) is 0 Å². The largest absolute Gasteiger partial charge is 0.544 e. The summed E-state index contributed by atoms with van der Waals surface area (Å²) in [5, 5.41) is 9.73. The fourth-order valence-electron chi connectivity index (χ4n) is 0.667. The van der Waals surface area contributed by atoms with Crippen molar-refractivity contribution in [1.82, 2.24) is 4.98 Å². The first kappa shape index (κ1) is 9.78. The van der Waals surface area contributed by atoms with Crippen LogP contribution in [0.4, 0.5) is 18.3 Å². The van der Waals surface area contributed by atoms with E-state index in [2.05, 4.69) is 4.98 Å². The number of carboxylic acids is 1. The Morgan fingerprint density at radius 3 is 2.38 bits per heavy atom. The van der Waals surface area contributed by atoms with Gasteiger partial charge in [-0.15, -0.1) is 0 Å². The number of carbonyl (C=O) groups is 1. The molecule has 0 amide bonds. The van der Waals surface area contributed by atoms with Crippen LogP contribution < -0.4 is 10.8 Å². The molecule has 8 heteroatoms. The Bertz CT molecular complexity index is 346. The molecule has 72 valence electrons. The number of anilines is 1. The number of rotatable bonds is 1. The summed E-state index contributed by atoms with van der Waals surface area (Å²) in [6, 6.07) is 0. The Morgan fingerprint density at radius 1 is 1.54 bits per heavy atom. The van der Waals surface area contributed by atoms with E-state index in [4.69, 9.17) is 5.73 Å². The molecule has 0 aromatic carbocycles. The maximum absolute atomic E-state index is 12.0. The van der Waals surface area contributed by atoms with Gasteiger partial charge < -0.3 is 15.6 Å². The van der Waals surface area contributed by atoms with Crippen molar-refractivity contribution in [2.45, 2.75) is 6.18 Å². The molecule has 13 heavy (non-hydrogen) atoms. The SMILES string of the molecule is Nc1nc(C(F)(F)F)c(C(=O)[O-])s1. The fraction of sp³-hybridized carbons (Fsp3) is 0.200. The average molecular weight is 211 g/mol. The van der Waals surface area contributed by atoms with Gasteiger partial charge in [-0.2, -0.15) is 13.2 Å². The molecule has 0 aliphatic rings. The monoisotopic (exact) mass is 211 g/mol. The second kappa shape index (κ2) is 2.87. The number of aromatic nitrogens is 1. The van der Waals surface area contributed by atoms with E-state index in [1.165, 1.54) is 0 Å². The van der Waals surface area contributed by atoms with Crippen molar-refractivity contribution in [1.29, 1.82) is 0 Å². The van der Waals surface area contributed by atoms with Gasteiger partial charge in [-0.3, -0.25) is 0 Å². The van der Waals surface area contributed by atoms with E-state index in [9.17, 15) is 23.1 Å². The third-order valence-corrected chi connectivity index (χ3v) is 1.96. The van der Waals surface area contributed by atoms with Crippen LogP contribution in [0.1, 0.15) is 15.4 Å². The zero-order chi connectivity index (χ0) is 10.2. The lowest BCUT2D eigenvalue weighted by Crippen LogP contribution is -2.24. The van der Waals surface area contributed by atoms with Gasteiger partial charge in [-0.1, -0.05) is 11.3 Å². The molecule has 2 N–H and O–H groups in total. The number of aromatic carboxylic acids is 1. The molecule has 1 aromatic heterocycles. The summed E-state index contributed by atoms with van der Waals surface area (Å²) in [6.07, 6.45) is -4.82. The number of nitrogens with two attached hydrogens (primary N) is 1. The van der Waals surface area contributed by atoms with Crippen molar-refractivity contribution >= 4 is 22.4 Å². The molecule has 0 radical (unpaired) electrons.